The molecule has 2 nitrogen and oxygen atoms in total. The fourth-order valence-corrected chi connectivity index (χ4v) is 0. The Bertz CT molecular complexity index is 46.8. The smallest absolute Gasteiger partial charge is 0.188 e. The van der Waals surface area contributed by atoms with Crippen LogP contribution in [0.3, 0.4) is 0 Å². The minimum atomic E-state index is -1.62. The van der Waals surface area contributed by atoms with E-state index in [9.17, 15) is 4.57 Å². The molecule has 0 bridgehead atoms. The van der Waals surface area contributed by atoms with E-state index in [2.05, 4.69) is 4.52 Å². The van der Waals surface area contributed by atoms with Crippen LogP contribution in [0.25, 0.3) is 0 Å². The molecule has 0 spiro atoms. The predicted octanol–water partition coefficient (Wildman–Crippen LogP) is 0.735. The Balaban J connectivity index is 0. The van der Waals surface area contributed by atoms with Gasteiger partial charge in [0.1, 0.15) is 0 Å². The Kier molecular flexibility index (Phi) is 9.78. The van der Waals surface area contributed by atoms with E-state index in [1.54, 1.807) is 6.66 Å². The van der Waals surface area contributed by atoms with Crippen LogP contribution in [0.15, 0.2) is 0 Å². The van der Waals surface area contributed by atoms with E-state index in [0.29, 0.717) is 0 Å². The zero-order valence-electron chi connectivity index (χ0n) is 3.72. The van der Waals surface area contributed by atoms with E-state index >= 15 is 0 Å². The van der Waals surface area contributed by atoms with Gasteiger partial charge in [0.25, 0.3) is 0 Å². The fourth-order valence-electron chi connectivity index (χ4n) is 0. The van der Waals surface area contributed by atoms with Gasteiger partial charge in [0.15, 0.2) is 8.03 Å². The summed E-state index contributed by atoms with van der Waals surface area (Å²) >= 11 is 0. The first-order valence-corrected chi connectivity index (χ1v) is 3.13. The van der Waals surface area contributed by atoms with Crippen molar-refractivity contribution in [3.8, 4) is 0 Å². The number of rotatable bonds is 1. The molecule has 0 aliphatic carbocycles. The van der Waals surface area contributed by atoms with Crippen LogP contribution in [-0.4, -0.2) is 13.8 Å². The van der Waals surface area contributed by atoms with Crippen LogP contribution >= 0.6 is 8.03 Å². The van der Waals surface area contributed by atoms with E-state index in [1.807, 2.05) is 0 Å². The molecule has 0 fully saturated rings. The minimum absolute atomic E-state index is 0. The first-order chi connectivity index (χ1) is 2.27. The van der Waals surface area contributed by atoms with Crippen molar-refractivity contribution in [1.82, 2.24) is 0 Å². The molecule has 0 amide bonds. The summed E-state index contributed by atoms with van der Waals surface area (Å²) in [5, 5.41) is 0. The van der Waals surface area contributed by atoms with E-state index in [-0.39, 0.29) is 21.1 Å². The SMILES string of the molecule is CO[PH](C)=O.[Mo]. The summed E-state index contributed by atoms with van der Waals surface area (Å²) < 4.78 is 14.1. The summed E-state index contributed by atoms with van der Waals surface area (Å²) in [5.74, 6) is 0. The van der Waals surface area contributed by atoms with E-state index in [1.165, 1.54) is 7.11 Å². The van der Waals surface area contributed by atoms with Gasteiger partial charge in [-0.2, -0.15) is 0 Å². The van der Waals surface area contributed by atoms with Gasteiger partial charge >= 0.3 is 0 Å². The molecule has 0 saturated carbocycles. The van der Waals surface area contributed by atoms with Crippen molar-refractivity contribution in [2.45, 2.75) is 0 Å². The molecule has 6 heavy (non-hydrogen) atoms. The summed E-state index contributed by atoms with van der Waals surface area (Å²) in [6.07, 6.45) is 0. The first-order valence-electron chi connectivity index (χ1n) is 1.32. The molecular formula is C2H7MoO2P. The normalized spacial score (nSPS) is 12.3. The van der Waals surface area contributed by atoms with E-state index in [0.717, 1.165) is 0 Å². The quantitative estimate of drug-likeness (QED) is 0.450. The van der Waals surface area contributed by atoms with E-state index < -0.39 is 8.03 Å². The molecule has 0 aliphatic heterocycles. The third-order valence-corrected chi connectivity index (χ3v) is 0.862. The van der Waals surface area contributed by atoms with Crippen LogP contribution in [0.5, 0.6) is 0 Å². The summed E-state index contributed by atoms with van der Waals surface area (Å²) in [5.41, 5.74) is 0. The molecule has 4 heteroatoms. The van der Waals surface area contributed by atoms with Crippen molar-refractivity contribution >= 4 is 8.03 Å². The monoisotopic (exact) mass is 192 g/mol. The Morgan fingerprint density at radius 3 is 1.83 bits per heavy atom. The van der Waals surface area contributed by atoms with Crippen molar-refractivity contribution in [1.29, 1.82) is 0 Å². The molecule has 0 aromatic carbocycles. The molecule has 0 radical (unpaired) electrons. The second-order valence-corrected chi connectivity index (χ2v) is 2.09. The molecular weight excluding hydrogens is 183 g/mol. The summed E-state index contributed by atoms with van der Waals surface area (Å²) in [6, 6.07) is 0. The van der Waals surface area contributed by atoms with Crippen LogP contribution in [0.2, 0.25) is 0 Å². The number of hydrogen-bond acceptors (Lipinski definition) is 2. The summed E-state index contributed by atoms with van der Waals surface area (Å²) in [4.78, 5) is 0. The maximum atomic E-state index is 9.78. The molecule has 1 unspecified atom stereocenters. The minimum Gasteiger partial charge on any atom is -0.334 e. The standard InChI is InChI=1S/C2H7O2P.Mo/c1-4-5(2)3;/h5H,1-2H3;. The van der Waals surface area contributed by atoms with Crippen molar-refractivity contribution in [2.24, 2.45) is 0 Å². The van der Waals surface area contributed by atoms with Gasteiger partial charge in [0.2, 0.25) is 0 Å². The van der Waals surface area contributed by atoms with Gasteiger partial charge in [-0.15, -0.1) is 0 Å². The third kappa shape index (κ3) is 8.86. The molecule has 0 aromatic rings. The van der Waals surface area contributed by atoms with Crippen molar-refractivity contribution in [3.63, 3.8) is 0 Å². The average Bonchev–Trinajstić information content (AvgIpc) is 1.38. The Labute approximate surface area is 52.4 Å². The summed E-state index contributed by atoms with van der Waals surface area (Å²) in [6.45, 7) is 1.55. The van der Waals surface area contributed by atoms with Gasteiger partial charge in [0.05, 0.1) is 0 Å². The molecule has 38 valence electrons. The van der Waals surface area contributed by atoms with Crippen LogP contribution in [0.4, 0.5) is 0 Å². The maximum absolute atomic E-state index is 9.78. The van der Waals surface area contributed by atoms with Gasteiger partial charge in [-0.3, -0.25) is 4.57 Å². The molecule has 0 rings (SSSR count). The van der Waals surface area contributed by atoms with Gasteiger partial charge in [0, 0.05) is 34.8 Å². The maximum Gasteiger partial charge on any atom is 0.188 e. The Morgan fingerprint density at radius 1 is 1.67 bits per heavy atom. The largest absolute Gasteiger partial charge is 0.334 e. The van der Waals surface area contributed by atoms with Crippen molar-refractivity contribution in [2.75, 3.05) is 13.8 Å². The Hall–Kier alpha value is 0.878. The Morgan fingerprint density at radius 2 is 1.83 bits per heavy atom. The van der Waals surface area contributed by atoms with Gasteiger partial charge in [-0.1, -0.05) is 0 Å². The third-order valence-electron chi connectivity index (χ3n) is 0.287. The molecule has 0 aliphatic rings. The van der Waals surface area contributed by atoms with Crippen molar-refractivity contribution < 1.29 is 30.2 Å². The zero-order valence-corrected chi connectivity index (χ0v) is 6.73. The topological polar surface area (TPSA) is 26.3 Å². The van der Waals surface area contributed by atoms with Crippen LogP contribution < -0.4 is 0 Å². The van der Waals surface area contributed by atoms with Crippen LogP contribution in [0.1, 0.15) is 0 Å². The molecule has 0 saturated heterocycles. The molecule has 0 heterocycles. The fraction of sp³-hybridized carbons (Fsp3) is 1.00. The molecule has 0 N–H and O–H groups in total. The number of hydrogen-bond donors (Lipinski definition) is 0. The molecule has 1 atom stereocenters. The van der Waals surface area contributed by atoms with Gasteiger partial charge in [-0.25, -0.2) is 0 Å². The zero-order chi connectivity index (χ0) is 4.28. The van der Waals surface area contributed by atoms with Gasteiger partial charge < -0.3 is 4.52 Å². The van der Waals surface area contributed by atoms with Gasteiger partial charge in [-0.05, 0) is 0 Å². The second kappa shape index (κ2) is 5.88. The van der Waals surface area contributed by atoms with Crippen LogP contribution in [0, 0.1) is 0 Å². The second-order valence-electron chi connectivity index (χ2n) is 0.696. The summed E-state index contributed by atoms with van der Waals surface area (Å²) in [7, 11) is -0.192. The predicted molar refractivity (Wildman–Crippen MR) is 21.9 cm³/mol. The first kappa shape index (κ1) is 9.99. The van der Waals surface area contributed by atoms with Crippen molar-refractivity contribution in [3.05, 3.63) is 0 Å². The van der Waals surface area contributed by atoms with Crippen LogP contribution in [-0.2, 0) is 30.2 Å². The van der Waals surface area contributed by atoms with E-state index in [4.69, 9.17) is 0 Å². The average molecular weight is 190 g/mol. The molecule has 0 aromatic heterocycles.